The van der Waals surface area contributed by atoms with Gasteiger partial charge >= 0.3 is 0 Å². The molecule has 0 radical (unpaired) electrons. The lowest BCUT2D eigenvalue weighted by Crippen LogP contribution is -2.15. The van der Waals surface area contributed by atoms with Crippen LogP contribution in [0.2, 0.25) is 0 Å². The summed E-state index contributed by atoms with van der Waals surface area (Å²) in [7, 11) is 0. The topological polar surface area (TPSA) is 29.1 Å². The van der Waals surface area contributed by atoms with Crippen LogP contribution in [0.4, 0.5) is 14.5 Å². The first kappa shape index (κ1) is 14.7. The maximum atomic E-state index is 13.9. The van der Waals surface area contributed by atoms with E-state index < -0.39 is 23.2 Å². The van der Waals surface area contributed by atoms with Gasteiger partial charge in [0, 0.05) is 4.47 Å². The molecule has 0 aliphatic carbocycles. The fourth-order valence-electron chi connectivity index (χ4n) is 1.77. The molecule has 0 aromatic heterocycles. The Morgan fingerprint density at radius 3 is 2.55 bits per heavy atom. The minimum Gasteiger partial charge on any atom is -0.317 e. The predicted molar refractivity (Wildman–Crippen MR) is 77.9 cm³/mol. The Kier molecular flexibility index (Phi) is 4.18. The Morgan fingerprint density at radius 1 is 1.15 bits per heavy atom. The number of nitrogens with one attached hydrogen (secondary N) is 1. The normalized spacial score (nSPS) is 10.4. The number of hydrogen-bond acceptors (Lipinski definition) is 1. The molecular weight excluding hydrogens is 328 g/mol. The number of aryl methyl sites for hydroxylation is 2. The summed E-state index contributed by atoms with van der Waals surface area (Å²) in [5, 5.41) is 2.28. The lowest BCUT2D eigenvalue weighted by molar-refractivity contribution is 0.102. The van der Waals surface area contributed by atoms with Gasteiger partial charge in [-0.05, 0) is 53.5 Å². The highest BCUT2D eigenvalue weighted by atomic mass is 79.9. The van der Waals surface area contributed by atoms with E-state index in [0.29, 0.717) is 10.0 Å². The van der Waals surface area contributed by atoms with Crippen molar-refractivity contribution in [3.8, 4) is 0 Å². The summed E-state index contributed by atoms with van der Waals surface area (Å²) in [6.07, 6.45) is 0. The molecule has 0 bridgehead atoms. The quantitative estimate of drug-likeness (QED) is 0.851. The first-order valence-electron chi connectivity index (χ1n) is 5.92. The molecule has 2 rings (SSSR count). The Bertz CT molecular complexity index is 686. The van der Waals surface area contributed by atoms with Crippen LogP contribution in [-0.4, -0.2) is 5.91 Å². The molecule has 1 N–H and O–H groups in total. The van der Waals surface area contributed by atoms with E-state index in [4.69, 9.17) is 0 Å². The molecule has 5 heteroatoms. The molecule has 0 unspecified atom stereocenters. The number of hydrogen-bond donors (Lipinski definition) is 1. The van der Waals surface area contributed by atoms with Gasteiger partial charge in [0.2, 0.25) is 0 Å². The molecule has 0 saturated carbocycles. The van der Waals surface area contributed by atoms with Crippen LogP contribution in [-0.2, 0) is 0 Å². The molecule has 0 heterocycles. The van der Waals surface area contributed by atoms with Gasteiger partial charge in [-0.1, -0.05) is 17.7 Å². The molecule has 104 valence electrons. The molecule has 0 aliphatic rings. The smallest absolute Gasteiger partial charge is 0.256 e. The van der Waals surface area contributed by atoms with Crippen molar-refractivity contribution in [2.75, 3.05) is 5.32 Å². The third kappa shape index (κ3) is 2.88. The van der Waals surface area contributed by atoms with Crippen LogP contribution in [0, 0.1) is 25.5 Å². The van der Waals surface area contributed by atoms with E-state index in [1.54, 1.807) is 12.1 Å². The third-order valence-corrected chi connectivity index (χ3v) is 3.58. The Balaban J connectivity index is 2.38. The first-order chi connectivity index (χ1) is 9.40. The number of carbonyl (C=O) groups is 1. The van der Waals surface area contributed by atoms with Gasteiger partial charge in [0.1, 0.15) is 11.5 Å². The van der Waals surface area contributed by atoms with Crippen molar-refractivity contribution in [1.29, 1.82) is 0 Å². The number of carbonyl (C=O) groups excluding carboxylic acids is 1. The predicted octanol–water partition coefficient (Wildman–Crippen LogP) is 4.60. The van der Waals surface area contributed by atoms with E-state index >= 15 is 0 Å². The van der Waals surface area contributed by atoms with Crippen LogP contribution in [0.5, 0.6) is 0 Å². The van der Waals surface area contributed by atoms with Gasteiger partial charge in [0.25, 0.3) is 5.91 Å². The van der Waals surface area contributed by atoms with Gasteiger partial charge in [-0.3, -0.25) is 4.79 Å². The van der Waals surface area contributed by atoms with Gasteiger partial charge < -0.3 is 5.32 Å². The van der Waals surface area contributed by atoms with Crippen LogP contribution >= 0.6 is 15.9 Å². The minimum atomic E-state index is -0.801. The Morgan fingerprint density at radius 2 is 1.85 bits per heavy atom. The van der Waals surface area contributed by atoms with E-state index in [9.17, 15) is 13.6 Å². The van der Waals surface area contributed by atoms with Gasteiger partial charge in [0.15, 0.2) is 5.82 Å². The van der Waals surface area contributed by atoms with E-state index in [1.165, 1.54) is 13.0 Å². The number of halogens is 3. The number of amides is 1. The highest BCUT2D eigenvalue weighted by Crippen LogP contribution is 2.24. The number of benzene rings is 2. The van der Waals surface area contributed by atoms with Crippen molar-refractivity contribution in [3.63, 3.8) is 0 Å². The van der Waals surface area contributed by atoms with Crippen LogP contribution < -0.4 is 5.32 Å². The fourth-order valence-corrected chi connectivity index (χ4v) is 2.19. The second-order valence-electron chi connectivity index (χ2n) is 4.49. The average Bonchev–Trinajstić information content (AvgIpc) is 2.41. The van der Waals surface area contributed by atoms with Gasteiger partial charge in [-0.25, -0.2) is 8.78 Å². The summed E-state index contributed by atoms with van der Waals surface area (Å²) < 4.78 is 28.0. The molecule has 1 amide bonds. The summed E-state index contributed by atoms with van der Waals surface area (Å²) in [6.45, 7) is 3.34. The molecule has 0 aliphatic heterocycles. The molecule has 0 fully saturated rings. The van der Waals surface area contributed by atoms with Crippen LogP contribution in [0.15, 0.2) is 34.8 Å². The van der Waals surface area contributed by atoms with E-state index in [2.05, 4.69) is 21.2 Å². The molecule has 0 atom stereocenters. The number of anilines is 1. The molecule has 2 aromatic rings. The highest BCUT2D eigenvalue weighted by Gasteiger charge is 2.17. The van der Waals surface area contributed by atoms with Crippen molar-refractivity contribution in [2.24, 2.45) is 0 Å². The van der Waals surface area contributed by atoms with E-state index in [0.717, 1.165) is 11.6 Å². The van der Waals surface area contributed by atoms with Crippen LogP contribution in [0.25, 0.3) is 0 Å². The summed E-state index contributed by atoms with van der Waals surface area (Å²) in [5.41, 5.74) is 1.04. The zero-order chi connectivity index (χ0) is 14.9. The van der Waals surface area contributed by atoms with Crippen LogP contribution in [0.1, 0.15) is 21.5 Å². The summed E-state index contributed by atoms with van der Waals surface area (Å²) in [6, 6.07) is 7.63. The average molecular weight is 340 g/mol. The molecule has 20 heavy (non-hydrogen) atoms. The van der Waals surface area contributed by atoms with Crippen molar-refractivity contribution >= 4 is 27.5 Å². The summed E-state index contributed by atoms with van der Waals surface area (Å²) >= 11 is 3.25. The molecule has 2 nitrogen and oxygen atoms in total. The zero-order valence-electron chi connectivity index (χ0n) is 10.9. The highest BCUT2D eigenvalue weighted by molar-refractivity contribution is 9.10. The van der Waals surface area contributed by atoms with Gasteiger partial charge in [-0.15, -0.1) is 0 Å². The van der Waals surface area contributed by atoms with E-state index in [-0.39, 0.29) is 5.56 Å². The second kappa shape index (κ2) is 5.71. The number of rotatable bonds is 2. The zero-order valence-corrected chi connectivity index (χ0v) is 12.5. The lowest BCUT2D eigenvalue weighted by atomic mass is 10.1. The summed E-state index contributed by atoms with van der Waals surface area (Å²) in [4.78, 5) is 12.1. The van der Waals surface area contributed by atoms with Crippen molar-refractivity contribution < 1.29 is 13.6 Å². The summed E-state index contributed by atoms with van der Waals surface area (Å²) in [5.74, 6) is -2.13. The minimum absolute atomic E-state index is 0.269. The van der Waals surface area contributed by atoms with Crippen molar-refractivity contribution in [1.82, 2.24) is 0 Å². The molecule has 0 saturated heterocycles. The maximum absolute atomic E-state index is 13.9. The van der Waals surface area contributed by atoms with Crippen molar-refractivity contribution in [3.05, 3.63) is 63.1 Å². The SMILES string of the molecule is Cc1ccc(Br)c(C(=O)Nc2c(F)ccc(C)c2F)c1. The third-order valence-electron chi connectivity index (χ3n) is 2.89. The largest absolute Gasteiger partial charge is 0.317 e. The monoisotopic (exact) mass is 339 g/mol. The van der Waals surface area contributed by atoms with Gasteiger partial charge in [0.05, 0.1) is 5.56 Å². The molecule has 0 spiro atoms. The Hall–Kier alpha value is -1.75. The van der Waals surface area contributed by atoms with Crippen molar-refractivity contribution in [2.45, 2.75) is 13.8 Å². The second-order valence-corrected chi connectivity index (χ2v) is 5.35. The van der Waals surface area contributed by atoms with Crippen LogP contribution in [0.3, 0.4) is 0 Å². The molecule has 2 aromatic carbocycles. The lowest BCUT2D eigenvalue weighted by Gasteiger charge is -2.10. The van der Waals surface area contributed by atoms with Gasteiger partial charge in [-0.2, -0.15) is 0 Å². The molecular formula is C15H12BrF2NO. The maximum Gasteiger partial charge on any atom is 0.256 e. The van der Waals surface area contributed by atoms with E-state index in [1.807, 2.05) is 13.0 Å². The first-order valence-corrected chi connectivity index (χ1v) is 6.71. The standard InChI is InChI=1S/C15H12BrF2NO/c1-8-3-5-11(16)10(7-8)15(20)19-14-12(17)6-4-9(2)13(14)18/h3-7H,1-2H3,(H,19,20). The Labute approximate surface area is 123 Å². The fraction of sp³-hybridized carbons (Fsp3) is 0.133.